The van der Waals surface area contributed by atoms with E-state index in [-0.39, 0.29) is 41.6 Å². The van der Waals surface area contributed by atoms with Crippen molar-refractivity contribution in [2.45, 2.75) is 26.4 Å². The molecule has 5 rings (SSSR count). The Bertz CT molecular complexity index is 1010. The minimum Gasteiger partial charge on any atom is -0.490 e. The Morgan fingerprint density at radius 2 is 1.71 bits per heavy atom. The first-order chi connectivity index (χ1) is 13.5. The van der Waals surface area contributed by atoms with E-state index in [1.807, 2.05) is 50.2 Å². The number of imide groups is 1. The highest BCUT2D eigenvalue weighted by Crippen LogP contribution is 2.52. The van der Waals surface area contributed by atoms with E-state index in [1.54, 1.807) is 6.21 Å². The second kappa shape index (κ2) is 6.30. The van der Waals surface area contributed by atoms with Crippen LogP contribution < -0.4 is 4.74 Å². The first-order valence-corrected chi connectivity index (χ1v) is 9.83. The van der Waals surface area contributed by atoms with Crippen molar-refractivity contribution in [2.75, 3.05) is 0 Å². The lowest BCUT2D eigenvalue weighted by molar-refractivity contribution is -0.140. The van der Waals surface area contributed by atoms with Crippen molar-refractivity contribution in [3.05, 3.63) is 54.1 Å². The lowest BCUT2D eigenvalue weighted by atomic mass is 9.85. The summed E-state index contributed by atoms with van der Waals surface area (Å²) in [6.45, 7) is 3.93. The van der Waals surface area contributed by atoms with Crippen molar-refractivity contribution in [1.29, 1.82) is 0 Å². The molecule has 2 aliphatic carbocycles. The van der Waals surface area contributed by atoms with Gasteiger partial charge in [-0.2, -0.15) is 10.1 Å². The van der Waals surface area contributed by atoms with Crippen LogP contribution in [0.5, 0.6) is 5.75 Å². The van der Waals surface area contributed by atoms with Gasteiger partial charge in [0.25, 0.3) is 11.8 Å². The Morgan fingerprint density at radius 1 is 1.04 bits per heavy atom. The third-order valence-corrected chi connectivity index (χ3v) is 6.04. The SMILES string of the molecule is CC(C)Oc1ccc2ccccc2c1/C=N\N1C(=O)[C@@H]2[C@H](C1=O)[C@H]1C=C[C@H]2C1. The number of carbonyl (C=O) groups is 2. The molecular formula is C23H22N2O3. The molecule has 2 bridgehead atoms. The van der Waals surface area contributed by atoms with Crippen LogP contribution in [0.25, 0.3) is 10.8 Å². The van der Waals surface area contributed by atoms with Gasteiger partial charge in [0.2, 0.25) is 0 Å². The highest BCUT2D eigenvalue weighted by molar-refractivity contribution is 6.08. The van der Waals surface area contributed by atoms with E-state index in [4.69, 9.17) is 4.74 Å². The fourth-order valence-corrected chi connectivity index (χ4v) is 4.88. The summed E-state index contributed by atoms with van der Waals surface area (Å²) in [6.07, 6.45) is 6.70. The standard InChI is InChI=1S/C23H22N2O3/c1-13(2)28-19-10-9-14-5-3-4-6-17(14)18(19)12-24-25-22(26)20-15-7-8-16(11-15)21(20)23(25)27/h3-10,12-13,15-16,20-21H,11H2,1-2H3/b24-12-/t15-,16-,20-,21+/m0/s1. The largest absolute Gasteiger partial charge is 0.490 e. The molecule has 3 aliphatic rings. The van der Waals surface area contributed by atoms with E-state index in [0.29, 0.717) is 5.75 Å². The van der Waals surface area contributed by atoms with Crippen molar-refractivity contribution >= 4 is 28.8 Å². The zero-order chi connectivity index (χ0) is 19.4. The molecular weight excluding hydrogens is 352 g/mol. The molecule has 0 radical (unpaired) electrons. The fourth-order valence-electron chi connectivity index (χ4n) is 4.88. The normalized spacial score (nSPS) is 28.3. The zero-order valence-electron chi connectivity index (χ0n) is 15.9. The van der Waals surface area contributed by atoms with E-state index >= 15 is 0 Å². The highest BCUT2D eigenvalue weighted by Gasteiger charge is 2.59. The molecule has 1 saturated heterocycles. The van der Waals surface area contributed by atoms with E-state index in [2.05, 4.69) is 17.3 Å². The third-order valence-electron chi connectivity index (χ3n) is 6.04. The van der Waals surface area contributed by atoms with E-state index < -0.39 is 0 Å². The molecule has 1 saturated carbocycles. The summed E-state index contributed by atoms with van der Waals surface area (Å²) in [6, 6.07) is 11.9. The number of carbonyl (C=O) groups excluding carboxylic acids is 2. The third kappa shape index (κ3) is 2.49. The molecule has 0 aromatic heterocycles. The van der Waals surface area contributed by atoms with Gasteiger partial charge in [0.15, 0.2) is 0 Å². The summed E-state index contributed by atoms with van der Waals surface area (Å²) in [5.41, 5.74) is 0.783. The molecule has 2 aromatic rings. The van der Waals surface area contributed by atoms with Crippen LogP contribution in [0.4, 0.5) is 0 Å². The molecule has 142 valence electrons. The Kier molecular flexibility index (Phi) is 3.86. The molecule has 5 nitrogen and oxygen atoms in total. The maximum Gasteiger partial charge on any atom is 0.254 e. The van der Waals surface area contributed by atoms with Crippen molar-refractivity contribution in [1.82, 2.24) is 5.01 Å². The molecule has 2 amide bonds. The van der Waals surface area contributed by atoms with Gasteiger partial charge in [0.05, 0.1) is 24.2 Å². The van der Waals surface area contributed by atoms with Crippen LogP contribution in [-0.4, -0.2) is 29.1 Å². The summed E-state index contributed by atoms with van der Waals surface area (Å²) in [4.78, 5) is 25.7. The maximum absolute atomic E-state index is 12.9. The van der Waals surface area contributed by atoms with Gasteiger partial charge < -0.3 is 4.74 Å². The molecule has 5 heteroatoms. The Morgan fingerprint density at radius 3 is 2.39 bits per heavy atom. The Labute approximate surface area is 163 Å². The maximum atomic E-state index is 12.9. The van der Waals surface area contributed by atoms with Crippen LogP contribution in [0.15, 0.2) is 53.7 Å². The Hall–Kier alpha value is -2.95. The number of hydrogen-bond acceptors (Lipinski definition) is 4. The van der Waals surface area contributed by atoms with E-state index in [9.17, 15) is 9.59 Å². The summed E-state index contributed by atoms with van der Waals surface area (Å²) < 4.78 is 5.95. The number of hydrazone groups is 1. The average Bonchev–Trinajstić information content (AvgIpc) is 3.35. The number of ether oxygens (including phenoxy) is 1. The molecule has 28 heavy (non-hydrogen) atoms. The lowest BCUT2D eigenvalue weighted by Gasteiger charge is -2.15. The van der Waals surface area contributed by atoms with Crippen molar-refractivity contribution < 1.29 is 14.3 Å². The molecule has 1 heterocycles. The second-order valence-electron chi connectivity index (χ2n) is 8.10. The summed E-state index contributed by atoms with van der Waals surface area (Å²) in [5.74, 6) is 0.244. The molecule has 4 atom stereocenters. The van der Waals surface area contributed by atoms with Crippen molar-refractivity contribution in [2.24, 2.45) is 28.8 Å². The molecule has 2 aromatic carbocycles. The highest BCUT2D eigenvalue weighted by atomic mass is 16.5. The predicted molar refractivity (Wildman–Crippen MR) is 107 cm³/mol. The fraction of sp³-hybridized carbons (Fsp3) is 0.348. The van der Waals surface area contributed by atoms with Gasteiger partial charge in [-0.05, 0) is 48.9 Å². The monoisotopic (exact) mass is 374 g/mol. The van der Waals surface area contributed by atoms with Gasteiger partial charge in [-0.15, -0.1) is 0 Å². The van der Waals surface area contributed by atoms with Crippen LogP contribution >= 0.6 is 0 Å². The van der Waals surface area contributed by atoms with E-state index in [1.165, 1.54) is 0 Å². The smallest absolute Gasteiger partial charge is 0.254 e. The first kappa shape index (κ1) is 17.2. The number of amides is 2. The number of nitrogens with zero attached hydrogens (tertiary/aromatic N) is 2. The van der Waals surface area contributed by atoms with Gasteiger partial charge in [0.1, 0.15) is 5.75 Å². The van der Waals surface area contributed by atoms with Crippen LogP contribution in [0.1, 0.15) is 25.8 Å². The minimum absolute atomic E-state index is 0.00409. The number of benzene rings is 2. The van der Waals surface area contributed by atoms with Crippen LogP contribution in [0, 0.1) is 23.7 Å². The minimum atomic E-state index is -0.237. The van der Waals surface area contributed by atoms with Gasteiger partial charge in [-0.3, -0.25) is 9.59 Å². The van der Waals surface area contributed by atoms with Crippen LogP contribution in [-0.2, 0) is 9.59 Å². The topological polar surface area (TPSA) is 59.0 Å². The van der Waals surface area contributed by atoms with Gasteiger partial charge >= 0.3 is 0 Å². The molecule has 2 fully saturated rings. The molecule has 0 N–H and O–H groups in total. The summed E-state index contributed by atoms with van der Waals surface area (Å²) in [5, 5.41) is 7.47. The Balaban J connectivity index is 1.52. The van der Waals surface area contributed by atoms with Gasteiger partial charge in [-0.25, -0.2) is 0 Å². The summed E-state index contributed by atoms with van der Waals surface area (Å²) >= 11 is 0. The molecule has 1 aliphatic heterocycles. The first-order valence-electron chi connectivity index (χ1n) is 9.83. The van der Waals surface area contributed by atoms with Crippen molar-refractivity contribution in [3.63, 3.8) is 0 Å². The van der Waals surface area contributed by atoms with Crippen LogP contribution in [0.3, 0.4) is 0 Å². The second-order valence-corrected chi connectivity index (χ2v) is 8.10. The number of rotatable bonds is 4. The average molecular weight is 374 g/mol. The number of hydrogen-bond donors (Lipinski definition) is 0. The zero-order valence-corrected chi connectivity index (χ0v) is 15.9. The van der Waals surface area contributed by atoms with E-state index in [0.717, 1.165) is 27.8 Å². The van der Waals surface area contributed by atoms with Crippen molar-refractivity contribution in [3.8, 4) is 5.75 Å². The quantitative estimate of drug-likeness (QED) is 0.465. The lowest BCUT2D eigenvalue weighted by Crippen LogP contribution is -2.28. The number of fused-ring (bicyclic) bond motifs is 6. The molecule has 0 unspecified atom stereocenters. The predicted octanol–water partition coefficient (Wildman–Crippen LogP) is 3.77. The number of allylic oxidation sites excluding steroid dienone is 2. The summed E-state index contributed by atoms with van der Waals surface area (Å²) in [7, 11) is 0. The van der Waals surface area contributed by atoms with Gasteiger partial charge in [-0.1, -0.05) is 42.5 Å². The molecule has 0 spiro atoms. The van der Waals surface area contributed by atoms with Crippen LogP contribution in [0.2, 0.25) is 0 Å². The van der Waals surface area contributed by atoms with Gasteiger partial charge in [0, 0.05) is 5.56 Å².